The van der Waals surface area contributed by atoms with E-state index in [9.17, 15) is 18.0 Å². The van der Waals surface area contributed by atoms with Crippen molar-refractivity contribution in [1.82, 2.24) is 5.32 Å². The van der Waals surface area contributed by atoms with Crippen LogP contribution in [0.2, 0.25) is 0 Å². The summed E-state index contributed by atoms with van der Waals surface area (Å²) in [5, 5.41) is 2.71. The van der Waals surface area contributed by atoms with E-state index in [-0.39, 0.29) is 22.8 Å². The molecule has 0 heterocycles. The highest BCUT2D eigenvalue weighted by Gasteiger charge is 2.30. The summed E-state index contributed by atoms with van der Waals surface area (Å²) in [6.07, 6.45) is -2.67. The smallest absolute Gasteiger partial charge is 0.393 e. The van der Waals surface area contributed by atoms with E-state index >= 15 is 0 Å². The van der Waals surface area contributed by atoms with Crippen molar-refractivity contribution in [3.8, 4) is 0 Å². The SMILES string of the molecule is CNC=C(C(=O)CC(C)C)c1cccc(C(F)(F)F)c1. The topological polar surface area (TPSA) is 29.1 Å². The summed E-state index contributed by atoms with van der Waals surface area (Å²) in [6.45, 7) is 3.78. The van der Waals surface area contributed by atoms with Gasteiger partial charge in [-0.1, -0.05) is 26.0 Å². The summed E-state index contributed by atoms with van der Waals surface area (Å²) in [5.74, 6) is -0.0257. The molecule has 0 fully saturated rings. The summed E-state index contributed by atoms with van der Waals surface area (Å²) in [6, 6.07) is 4.82. The van der Waals surface area contributed by atoms with Gasteiger partial charge in [0, 0.05) is 25.2 Å². The molecular formula is C15H18F3NO. The lowest BCUT2D eigenvalue weighted by molar-refractivity contribution is -0.137. The van der Waals surface area contributed by atoms with Crippen LogP contribution < -0.4 is 5.32 Å². The highest BCUT2D eigenvalue weighted by Crippen LogP contribution is 2.31. The van der Waals surface area contributed by atoms with Gasteiger partial charge < -0.3 is 5.32 Å². The summed E-state index contributed by atoms with van der Waals surface area (Å²) in [7, 11) is 1.61. The number of benzene rings is 1. The van der Waals surface area contributed by atoms with Gasteiger partial charge in [0.15, 0.2) is 5.78 Å². The molecule has 1 aromatic carbocycles. The Morgan fingerprint density at radius 2 is 2.00 bits per heavy atom. The predicted molar refractivity (Wildman–Crippen MR) is 72.9 cm³/mol. The third-order valence-electron chi connectivity index (χ3n) is 2.68. The summed E-state index contributed by atoms with van der Waals surface area (Å²) >= 11 is 0. The molecule has 1 N–H and O–H groups in total. The average Bonchev–Trinajstić information content (AvgIpc) is 2.34. The number of ketones is 1. The normalized spacial score (nSPS) is 12.7. The Morgan fingerprint density at radius 1 is 1.35 bits per heavy atom. The molecule has 0 aromatic heterocycles. The standard InChI is InChI=1S/C15H18F3NO/c1-10(2)7-14(20)13(9-19-3)11-5-4-6-12(8-11)15(16,17)18/h4-6,8-10,19H,7H2,1-3H3. The first-order chi connectivity index (χ1) is 9.25. The van der Waals surface area contributed by atoms with Gasteiger partial charge in [-0.2, -0.15) is 13.2 Å². The van der Waals surface area contributed by atoms with Crippen LogP contribution in [0.25, 0.3) is 5.57 Å². The highest BCUT2D eigenvalue weighted by molar-refractivity contribution is 6.20. The second-order valence-electron chi connectivity index (χ2n) is 4.95. The van der Waals surface area contributed by atoms with Crippen molar-refractivity contribution in [3.05, 3.63) is 41.6 Å². The Bertz CT molecular complexity index is 504. The van der Waals surface area contributed by atoms with Crippen LogP contribution >= 0.6 is 0 Å². The van der Waals surface area contributed by atoms with E-state index in [4.69, 9.17) is 0 Å². The number of Topliss-reactive ketones (excluding diaryl/α,β-unsaturated/α-hetero) is 1. The third kappa shape index (κ3) is 4.40. The molecule has 0 aliphatic rings. The van der Waals surface area contributed by atoms with Gasteiger partial charge in [-0.3, -0.25) is 4.79 Å². The Labute approximate surface area is 116 Å². The molecule has 1 rings (SSSR count). The number of carbonyl (C=O) groups excluding carboxylic acids is 1. The van der Waals surface area contributed by atoms with Crippen molar-refractivity contribution in [2.75, 3.05) is 7.05 Å². The van der Waals surface area contributed by atoms with E-state index in [2.05, 4.69) is 5.32 Å². The molecule has 0 aliphatic heterocycles. The number of rotatable bonds is 5. The summed E-state index contributed by atoms with van der Waals surface area (Å²) < 4.78 is 38.1. The Kier molecular flexibility index (Phi) is 5.36. The van der Waals surface area contributed by atoms with Crippen molar-refractivity contribution in [1.29, 1.82) is 0 Å². The maximum Gasteiger partial charge on any atom is 0.416 e. The molecule has 2 nitrogen and oxygen atoms in total. The van der Waals surface area contributed by atoms with Crippen LogP contribution in [0.1, 0.15) is 31.4 Å². The van der Waals surface area contributed by atoms with E-state index in [1.54, 1.807) is 7.05 Å². The lowest BCUT2D eigenvalue weighted by Gasteiger charge is -2.12. The minimum absolute atomic E-state index is 0.147. The van der Waals surface area contributed by atoms with Gasteiger partial charge >= 0.3 is 6.18 Å². The second-order valence-corrected chi connectivity index (χ2v) is 4.95. The number of halogens is 3. The van der Waals surface area contributed by atoms with Crippen LogP contribution in [0.3, 0.4) is 0 Å². The van der Waals surface area contributed by atoms with Gasteiger partial charge in [-0.05, 0) is 23.6 Å². The third-order valence-corrected chi connectivity index (χ3v) is 2.68. The molecule has 1 aromatic rings. The fourth-order valence-electron chi connectivity index (χ4n) is 1.81. The van der Waals surface area contributed by atoms with Crippen molar-refractivity contribution in [2.45, 2.75) is 26.4 Å². The van der Waals surface area contributed by atoms with Crippen molar-refractivity contribution >= 4 is 11.4 Å². The zero-order valence-corrected chi connectivity index (χ0v) is 11.7. The van der Waals surface area contributed by atoms with Gasteiger partial charge in [-0.25, -0.2) is 0 Å². The van der Waals surface area contributed by atoms with Crippen LogP contribution in [0.15, 0.2) is 30.5 Å². The minimum atomic E-state index is -4.41. The predicted octanol–water partition coefficient (Wildman–Crippen LogP) is 3.88. The van der Waals surface area contributed by atoms with Gasteiger partial charge in [0.1, 0.15) is 0 Å². The largest absolute Gasteiger partial charge is 0.416 e. The highest BCUT2D eigenvalue weighted by atomic mass is 19.4. The Morgan fingerprint density at radius 3 is 2.50 bits per heavy atom. The molecule has 0 saturated heterocycles. The molecule has 110 valence electrons. The van der Waals surface area contributed by atoms with E-state index in [0.29, 0.717) is 6.42 Å². The van der Waals surface area contributed by atoms with Crippen molar-refractivity contribution in [2.24, 2.45) is 5.92 Å². The Balaban J connectivity index is 3.17. The quantitative estimate of drug-likeness (QED) is 0.832. The maximum atomic E-state index is 12.7. The number of hydrogen-bond donors (Lipinski definition) is 1. The summed E-state index contributed by atoms with van der Waals surface area (Å²) in [5.41, 5.74) is -0.207. The first kappa shape index (κ1) is 16.3. The molecule has 0 bridgehead atoms. The fourth-order valence-corrected chi connectivity index (χ4v) is 1.81. The second kappa shape index (κ2) is 6.59. The van der Waals surface area contributed by atoms with E-state index in [1.807, 2.05) is 13.8 Å². The first-order valence-electron chi connectivity index (χ1n) is 6.34. The molecule has 0 unspecified atom stereocenters. The average molecular weight is 285 g/mol. The van der Waals surface area contributed by atoms with Gasteiger partial charge in [-0.15, -0.1) is 0 Å². The molecule has 5 heteroatoms. The van der Waals surface area contributed by atoms with Crippen molar-refractivity contribution < 1.29 is 18.0 Å². The molecule has 0 aliphatic carbocycles. The number of hydrogen-bond acceptors (Lipinski definition) is 2. The molecule has 0 atom stereocenters. The molecule has 0 saturated carbocycles. The zero-order valence-electron chi connectivity index (χ0n) is 11.7. The lowest BCUT2D eigenvalue weighted by atomic mass is 9.95. The van der Waals surface area contributed by atoms with Crippen LogP contribution in [0.5, 0.6) is 0 Å². The number of carbonyl (C=O) groups is 1. The molecule has 20 heavy (non-hydrogen) atoms. The zero-order chi connectivity index (χ0) is 15.3. The van der Waals surface area contributed by atoms with Gasteiger partial charge in [0.25, 0.3) is 0 Å². The van der Waals surface area contributed by atoms with Gasteiger partial charge in [0.2, 0.25) is 0 Å². The minimum Gasteiger partial charge on any atom is -0.393 e. The van der Waals surface area contributed by atoms with E-state index in [1.165, 1.54) is 18.3 Å². The molecular weight excluding hydrogens is 267 g/mol. The maximum absolute atomic E-state index is 12.7. The lowest BCUT2D eigenvalue weighted by Crippen LogP contribution is -2.11. The monoisotopic (exact) mass is 285 g/mol. The fraction of sp³-hybridized carbons (Fsp3) is 0.400. The molecule has 0 spiro atoms. The van der Waals surface area contributed by atoms with E-state index in [0.717, 1.165) is 12.1 Å². The number of allylic oxidation sites excluding steroid dienone is 1. The van der Waals surface area contributed by atoms with Crippen LogP contribution in [-0.2, 0) is 11.0 Å². The van der Waals surface area contributed by atoms with Crippen molar-refractivity contribution in [3.63, 3.8) is 0 Å². The van der Waals surface area contributed by atoms with Gasteiger partial charge in [0.05, 0.1) is 5.56 Å². The number of nitrogens with one attached hydrogen (secondary N) is 1. The summed E-state index contributed by atoms with van der Waals surface area (Å²) in [4.78, 5) is 12.1. The first-order valence-corrected chi connectivity index (χ1v) is 6.34. The molecule has 0 radical (unpaired) electrons. The number of alkyl halides is 3. The van der Waals surface area contributed by atoms with Crippen LogP contribution in [0.4, 0.5) is 13.2 Å². The molecule has 0 amide bonds. The van der Waals surface area contributed by atoms with Crippen LogP contribution in [0, 0.1) is 5.92 Å². The Hall–Kier alpha value is -1.78. The van der Waals surface area contributed by atoms with Crippen LogP contribution in [-0.4, -0.2) is 12.8 Å². The van der Waals surface area contributed by atoms with E-state index < -0.39 is 11.7 Å².